The van der Waals surface area contributed by atoms with E-state index in [1.54, 1.807) is 0 Å². The third kappa shape index (κ3) is 3.27. The quantitative estimate of drug-likeness (QED) is 0.500. The van der Waals surface area contributed by atoms with E-state index in [1.807, 2.05) is 13.8 Å². The first-order valence-electron chi connectivity index (χ1n) is 5.20. The van der Waals surface area contributed by atoms with Crippen LogP contribution in [0.25, 0.3) is 0 Å². The van der Waals surface area contributed by atoms with Gasteiger partial charge in [0.05, 0.1) is 12.5 Å². The summed E-state index contributed by atoms with van der Waals surface area (Å²) < 4.78 is 10.1. The minimum atomic E-state index is -0.101. The second-order valence-corrected chi connectivity index (χ2v) is 3.57. The van der Waals surface area contributed by atoms with Crippen LogP contribution in [0.3, 0.4) is 0 Å². The summed E-state index contributed by atoms with van der Waals surface area (Å²) in [5, 5.41) is 3.14. The summed E-state index contributed by atoms with van der Waals surface area (Å²) in [5.41, 5.74) is 0. The van der Waals surface area contributed by atoms with Crippen molar-refractivity contribution in [2.45, 2.75) is 13.8 Å². The molecule has 1 unspecified atom stereocenters. The number of rotatable bonds is 6. The third-order valence-corrected chi connectivity index (χ3v) is 2.57. The van der Waals surface area contributed by atoms with Crippen molar-refractivity contribution in [3.8, 4) is 0 Å². The topological polar surface area (TPSA) is 47.6 Å². The zero-order valence-electron chi connectivity index (χ0n) is 8.91. The van der Waals surface area contributed by atoms with Gasteiger partial charge in [0.2, 0.25) is 0 Å². The summed E-state index contributed by atoms with van der Waals surface area (Å²) in [6, 6.07) is 0. The first kappa shape index (κ1) is 11.5. The third-order valence-electron chi connectivity index (χ3n) is 2.57. The Balaban J connectivity index is 2.07. The van der Waals surface area contributed by atoms with Crippen molar-refractivity contribution in [1.29, 1.82) is 0 Å². The van der Waals surface area contributed by atoms with Crippen molar-refractivity contribution in [3.63, 3.8) is 0 Å². The second-order valence-electron chi connectivity index (χ2n) is 3.57. The molecule has 1 aliphatic heterocycles. The Labute approximate surface area is 85.0 Å². The van der Waals surface area contributed by atoms with Crippen molar-refractivity contribution in [2.75, 3.05) is 32.9 Å². The number of hydrogen-bond acceptors (Lipinski definition) is 4. The predicted octanol–water partition coefficient (Wildman–Crippen LogP) is 0.422. The molecule has 0 spiro atoms. The summed E-state index contributed by atoms with van der Waals surface area (Å²) in [5.74, 6) is 0.365. The van der Waals surface area contributed by atoms with Crippen molar-refractivity contribution in [3.05, 3.63) is 0 Å². The van der Waals surface area contributed by atoms with Gasteiger partial charge in [0.1, 0.15) is 6.61 Å². The standard InChI is InChI=1S/C10H19NO3/c1-3-13-4-5-14-10(12)8(2)9-6-11-7-9/h8-9,11H,3-7H2,1-2H3. The number of nitrogens with one attached hydrogen (secondary N) is 1. The van der Waals surface area contributed by atoms with E-state index in [0.717, 1.165) is 13.1 Å². The van der Waals surface area contributed by atoms with Crippen molar-refractivity contribution in [2.24, 2.45) is 11.8 Å². The maximum Gasteiger partial charge on any atom is 0.309 e. The fourth-order valence-electron chi connectivity index (χ4n) is 1.33. The molecular formula is C10H19NO3. The number of carbonyl (C=O) groups excluding carboxylic acids is 1. The molecule has 1 fully saturated rings. The molecule has 1 N–H and O–H groups in total. The molecule has 14 heavy (non-hydrogen) atoms. The van der Waals surface area contributed by atoms with Gasteiger partial charge in [-0.15, -0.1) is 0 Å². The van der Waals surface area contributed by atoms with Crippen LogP contribution in [-0.2, 0) is 14.3 Å². The minimum Gasteiger partial charge on any atom is -0.463 e. The summed E-state index contributed by atoms with van der Waals surface area (Å²) in [6.07, 6.45) is 0. The largest absolute Gasteiger partial charge is 0.463 e. The molecular weight excluding hydrogens is 182 g/mol. The van der Waals surface area contributed by atoms with Crippen LogP contribution in [0.1, 0.15) is 13.8 Å². The lowest BCUT2D eigenvalue weighted by Gasteiger charge is -2.31. The van der Waals surface area contributed by atoms with Gasteiger partial charge < -0.3 is 14.8 Å². The summed E-state index contributed by atoms with van der Waals surface area (Å²) >= 11 is 0. The van der Waals surface area contributed by atoms with Gasteiger partial charge >= 0.3 is 5.97 Å². The molecule has 0 aromatic carbocycles. The van der Waals surface area contributed by atoms with Gasteiger partial charge in [-0.25, -0.2) is 0 Å². The van der Waals surface area contributed by atoms with Crippen molar-refractivity contribution >= 4 is 5.97 Å². The molecule has 0 bridgehead atoms. The van der Waals surface area contributed by atoms with E-state index < -0.39 is 0 Å². The molecule has 1 aliphatic rings. The molecule has 82 valence electrons. The molecule has 1 atom stereocenters. The molecule has 1 heterocycles. The van der Waals surface area contributed by atoms with Crippen LogP contribution in [0.2, 0.25) is 0 Å². The van der Waals surface area contributed by atoms with Crippen molar-refractivity contribution < 1.29 is 14.3 Å². The highest BCUT2D eigenvalue weighted by Crippen LogP contribution is 2.16. The maximum absolute atomic E-state index is 11.4. The highest BCUT2D eigenvalue weighted by molar-refractivity contribution is 5.72. The Morgan fingerprint density at radius 3 is 2.71 bits per heavy atom. The van der Waals surface area contributed by atoms with Gasteiger partial charge in [0.25, 0.3) is 0 Å². The molecule has 0 saturated carbocycles. The number of esters is 1. The van der Waals surface area contributed by atoms with Gasteiger partial charge in [0, 0.05) is 6.61 Å². The molecule has 1 saturated heterocycles. The molecule has 4 nitrogen and oxygen atoms in total. The van der Waals surface area contributed by atoms with E-state index in [-0.39, 0.29) is 11.9 Å². The van der Waals surface area contributed by atoms with Gasteiger partial charge in [-0.3, -0.25) is 4.79 Å². The average molecular weight is 201 g/mol. The SMILES string of the molecule is CCOCCOC(=O)C(C)C1CNC1. The first-order chi connectivity index (χ1) is 6.75. The number of carbonyl (C=O) groups is 1. The van der Waals surface area contributed by atoms with Crippen molar-refractivity contribution in [1.82, 2.24) is 5.32 Å². The van der Waals surface area contributed by atoms with Gasteiger partial charge in [-0.1, -0.05) is 6.92 Å². The zero-order chi connectivity index (χ0) is 10.4. The van der Waals surface area contributed by atoms with Gasteiger partial charge in [-0.2, -0.15) is 0 Å². The van der Waals surface area contributed by atoms with E-state index in [0.29, 0.717) is 25.7 Å². The number of ether oxygens (including phenoxy) is 2. The Hall–Kier alpha value is -0.610. The number of hydrogen-bond donors (Lipinski definition) is 1. The van der Waals surface area contributed by atoms with Crippen LogP contribution in [0.5, 0.6) is 0 Å². The molecule has 0 aromatic rings. The molecule has 0 aliphatic carbocycles. The van der Waals surface area contributed by atoms with E-state index in [1.165, 1.54) is 0 Å². The summed E-state index contributed by atoms with van der Waals surface area (Å²) in [4.78, 5) is 11.4. The molecule has 0 aromatic heterocycles. The molecule has 0 radical (unpaired) electrons. The smallest absolute Gasteiger partial charge is 0.309 e. The lowest BCUT2D eigenvalue weighted by molar-refractivity contribution is -0.152. The van der Waals surface area contributed by atoms with E-state index in [2.05, 4.69) is 5.32 Å². The van der Waals surface area contributed by atoms with E-state index >= 15 is 0 Å². The van der Waals surface area contributed by atoms with Crippen LogP contribution >= 0.6 is 0 Å². The van der Waals surface area contributed by atoms with Crippen LogP contribution in [0.15, 0.2) is 0 Å². The zero-order valence-corrected chi connectivity index (χ0v) is 8.91. The Morgan fingerprint density at radius 2 is 2.21 bits per heavy atom. The second kappa shape index (κ2) is 5.98. The lowest BCUT2D eigenvalue weighted by atomic mass is 9.89. The van der Waals surface area contributed by atoms with Crippen LogP contribution in [-0.4, -0.2) is 38.9 Å². The van der Waals surface area contributed by atoms with Gasteiger partial charge in [-0.05, 0) is 25.9 Å². The van der Waals surface area contributed by atoms with Crippen LogP contribution in [0, 0.1) is 11.8 Å². The normalized spacial score (nSPS) is 18.7. The molecule has 1 rings (SSSR count). The monoisotopic (exact) mass is 201 g/mol. The highest BCUT2D eigenvalue weighted by Gasteiger charge is 2.29. The Bertz CT molecular complexity index is 180. The van der Waals surface area contributed by atoms with Crippen LogP contribution in [0.4, 0.5) is 0 Å². The molecule has 0 amide bonds. The van der Waals surface area contributed by atoms with Gasteiger partial charge in [0.15, 0.2) is 0 Å². The predicted molar refractivity (Wildman–Crippen MR) is 53.0 cm³/mol. The van der Waals surface area contributed by atoms with E-state index in [9.17, 15) is 4.79 Å². The fraction of sp³-hybridized carbons (Fsp3) is 0.900. The summed E-state index contributed by atoms with van der Waals surface area (Å²) in [7, 11) is 0. The Morgan fingerprint density at radius 1 is 1.50 bits per heavy atom. The molecule has 4 heteroatoms. The van der Waals surface area contributed by atoms with E-state index in [4.69, 9.17) is 9.47 Å². The first-order valence-corrected chi connectivity index (χ1v) is 5.20. The summed E-state index contributed by atoms with van der Waals surface area (Å²) in [6.45, 7) is 7.25. The highest BCUT2D eigenvalue weighted by atomic mass is 16.6. The average Bonchev–Trinajstić information content (AvgIpc) is 2.09. The maximum atomic E-state index is 11.4. The minimum absolute atomic E-state index is 0.0119. The van der Waals surface area contributed by atoms with Crippen LogP contribution < -0.4 is 5.32 Å². The fourth-order valence-corrected chi connectivity index (χ4v) is 1.33. The Kier molecular flexibility index (Phi) is 4.90. The lowest BCUT2D eigenvalue weighted by Crippen LogP contribution is -2.47.